The van der Waals surface area contributed by atoms with Gasteiger partial charge in [0.1, 0.15) is 0 Å². The standard InChI is InChI=1S/C23H30N6O2/c1-6-24-23(26-13-18-7-9-20(30-4)21(12-18)31-5)27-15-19-8-10-22(25-14-19)29-17(3)11-16(2)28-29/h7-12,14H,6,13,15H2,1-5H3,(H2,24,26,27). The van der Waals surface area contributed by atoms with Crippen LogP contribution in [0.25, 0.3) is 5.82 Å². The minimum absolute atomic E-state index is 0.520. The molecular formula is C23H30N6O2. The normalized spacial score (nSPS) is 11.3. The van der Waals surface area contributed by atoms with Crippen molar-refractivity contribution in [1.29, 1.82) is 0 Å². The van der Waals surface area contributed by atoms with Crippen LogP contribution in [0.1, 0.15) is 29.4 Å². The van der Waals surface area contributed by atoms with Crippen LogP contribution in [0.5, 0.6) is 11.5 Å². The molecule has 0 saturated heterocycles. The van der Waals surface area contributed by atoms with E-state index in [1.165, 1.54) is 0 Å². The highest BCUT2D eigenvalue weighted by Crippen LogP contribution is 2.27. The van der Waals surface area contributed by atoms with E-state index in [9.17, 15) is 0 Å². The third-order valence-electron chi connectivity index (χ3n) is 4.71. The van der Waals surface area contributed by atoms with Gasteiger partial charge < -0.3 is 20.1 Å². The number of hydrogen-bond donors (Lipinski definition) is 2. The van der Waals surface area contributed by atoms with Crippen molar-refractivity contribution in [2.24, 2.45) is 4.99 Å². The van der Waals surface area contributed by atoms with Crippen LogP contribution < -0.4 is 20.1 Å². The van der Waals surface area contributed by atoms with Crippen molar-refractivity contribution in [3.63, 3.8) is 0 Å². The molecule has 164 valence electrons. The summed E-state index contributed by atoms with van der Waals surface area (Å²) in [4.78, 5) is 9.22. The molecule has 3 aromatic rings. The molecule has 2 heterocycles. The second kappa shape index (κ2) is 10.5. The monoisotopic (exact) mass is 422 g/mol. The molecule has 2 aromatic heterocycles. The van der Waals surface area contributed by atoms with Gasteiger partial charge in [0.05, 0.1) is 26.5 Å². The molecule has 0 spiro atoms. The van der Waals surface area contributed by atoms with Crippen LogP contribution >= 0.6 is 0 Å². The zero-order chi connectivity index (χ0) is 22.2. The van der Waals surface area contributed by atoms with Gasteiger partial charge in [-0.3, -0.25) is 0 Å². The Morgan fingerprint density at radius 2 is 1.77 bits per heavy atom. The zero-order valence-electron chi connectivity index (χ0n) is 18.8. The molecule has 0 atom stereocenters. The molecule has 0 amide bonds. The average Bonchev–Trinajstić information content (AvgIpc) is 3.13. The topological polar surface area (TPSA) is 85.6 Å². The molecule has 0 radical (unpaired) electrons. The lowest BCUT2D eigenvalue weighted by atomic mass is 10.2. The number of guanidine groups is 1. The Labute approximate surface area is 183 Å². The van der Waals surface area contributed by atoms with Crippen LogP contribution in [0.2, 0.25) is 0 Å². The Morgan fingerprint density at radius 3 is 2.39 bits per heavy atom. The van der Waals surface area contributed by atoms with Gasteiger partial charge in [-0.25, -0.2) is 14.7 Å². The highest BCUT2D eigenvalue weighted by Gasteiger charge is 2.07. The van der Waals surface area contributed by atoms with Crippen molar-refractivity contribution in [1.82, 2.24) is 25.4 Å². The molecule has 8 nitrogen and oxygen atoms in total. The minimum Gasteiger partial charge on any atom is -0.493 e. The van der Waals surface area contributed by atoms with E-state index in [4.69, 9.17) is 9.47 Å². The van der Waals surface area contributed by atoms with Crippen molar-refractivity contribution in [2.45, 2.75) is 33.9 Å². The highest BCUT2D eigenvalue weighted by molar-refractivity contribution is 5.79. The highest BCUT2D eigenvalue weighted by atomic mass is 16.5. The lowest BCUT2D eigenvalue weighted by Gasteiger charge is -2.13. The summed E-state index contributed by atoms with van der Waals surface area (Å²) in [6.45, 7) is 7.94. The Kier molecular flexibility index (Phi) is 7.48. The summed E-state index contributed by atoms with van der Waals surface area (Å²) in [6, 6.07) is 11.9. The third-order valence-corrected chi connectivity index (χ3v) is 4.71. The second-order valence-electron chi connectivity index (χ2n) is 7.10. The lowest BCUT2D eigenvalue weighted by molar-refractivity contribution is 0.354. The zero-order valence-corrected chi connectivity index (χ0v) is 18.8. The van der Waals surface area contributed by atoms with Gasteiger partial charge in [0.2, 0.25) is 0 Å². The number of aliphatic imine (C=N–C) groups is 1. The molecule has 0 saturated carbocycles. The first-order valence-corrected chi connectivity index (χ1v) is 10.3. The molecule has 3 rings (SSSR count). The summed E-state index contributed by atoms with van der Waals surface area (Å²) >= 11 is 0. The van der Waals surface area contributed by atoms with E-state index >= 15 is 0 Å². The van der Waals surface area contributed by atoms with Gasteiger partial charge >= 0.3 is 0 Å². The number of aromatic nitrogens is 3. The summed E-state index contributed by atoms with van der Waals surface area (Å²) in [5, 5.41) is 11.1. The van der Waals surface area contributed by atoms with Crippen molar-refractivity contribution in [3.05, 3.63) is 65.1 Å². The van der Waals surface area contributed by atoms with Gasteiger partial charge in [-0.2, -0.15) is 5.10 Å². The van der Waals surface area contributed by atoms with Crippen LogP contribution in [-0.2, 0) is 13.1 Å². The van der Waals surface area contributed by atoms with Crippen LogP contribution in [0.4, 0.5) is 0 Å². The minimum atomic E-state index is 0.520. The fraction of sp³-hybridized carbons (Fsp3) is 0.348. The number of nitrogens with one attached hydrogen (secondary N) is 2. The smallest absolute Gasteiger partial charge is 0.191 e. The molecule has 2 N–H and O–H groups in total. The maximum absolute atomic E-state index is 5.38. The predicted octanol–water partition coefficient (Wildman–Crippen LogP) is 3.16. The number of aryl methyl sites for hydroxylation is 2. The number of methoxy groups -OCH3 is 2. The van der Waals surface area contributed by atoms with Gasteiger partial charge in [-0.05, 0) is 56.2 Å². The molecule has 0 aliphatic carbocycles. The predicted molar refractivity (Wildman–Crippen MR) is 122 cm³/mol. The summed E-state index contributed by atoms with van der Waals surface area (Å²) < 4.78 is 12.5. The quantitative estimate of drug-likeness (QED) is 0.428. The van der Waals surface area contributed by atoms with Crippen LogP contribution in [0.15, 0.2) is 47.6 Å². The number of pyridine rings is 1. The van der Waals surface area contributed by atoms with Gasteiger partial charge in [-0.15, -0.1) is 0 Å². The van der Waals surface area contributed by atoms with Gasteiger partial charge in [-0.1, -0.05) is 12.1 Å². The second-order valence-corrected chi connectivity index (χ2v) is 7.10. The summed E-state index contributed by atoms with van der Waals surface area (Å²) in [6.07, 6.45) is 1.84. The molecule has 0 unspecified atom stereocenters. The molecule has 1 aromatic carbocycles. The SMILES string of the molecule is CCNC(=NCc1ccc(-n2nc(C)cc2C)nc1)NCc1ccc(OC)c(OC)c1. The van der Waals surface area contributed by atoms with E-state index < -0.39 is 0 Å². The number of ether oxygens (including phenoxy) is 2. The Hall–Kier alpha value is -3.55. The molecule has 0 bridgehead atoms. The van der Waals surface area contributed by atoms with Crippen molar-refractivity contribution in [2.75, 3.05) is 20.8 Å². The van der Waals surface area contributed by atoms with Gasteiger partial charge in [0.25, 0.3) is 0 Å². The summed E-state index contributed by atoms with van der Waals surface area (Å²) in [5.41, 5.74) is 4.13. The van der Waals surface area contributed by atoms with Gasteiger partial charge in [0, 0.05) is 25.0 Å². The van der Waals surface area contributed by atoms with E-state index in [0.29, 0.717) is 24.6 Å². The fourth-order valence-corrected chi connectivity index (χ4v) is 3.18. The molecule has 8 heteroatoms. The first-order chi connectivity index (χ1) is 15.0. The molecular weight excluding hydrogens is 392 g/mol. The first-order valence-electron chi connectivity index (χ1n) is 10.3. The van der Waals surface area contributed by atoms with E-state index in [2.05, 4.69) is 25.7 Å². The molecule has 0 aliphatic heterocycles. The number of rotatable bonds is 8. The molecule has 0 aliphatic rings. The number of hydrogen-bond acceptors (Lipinski definition) is 5. The first kappa shape index (κ1) is 22.1. The van der Waals surface area contributed by atoms with Gasteiger partial charge in [0.15, 0.2) is 23.3 Å². The third kappa shape index (κ3) is 5.75. The van der Waals surface area contributed by atoms with E-state index in [-0.39, 0.29) is 0 Å². The summed E-state index contributed by atoms with van der Waals surface area (Å²) in [7, 11) is 3.26. The van der Waals surface area contributed by atoms with Crippen molar-refractivity contribution < 1.29 is 9.47 Å². The Morgan fingerprint density at radius 1 is 1.00 bits per heavy atom. The number of nitrogens with zero attached hydrogens (tertiary/aromatic N) is 4. The lowest BCUT2D eigenvalue weighted by Crippen LogP contribution is -2.36. The maximum atomic E-state index is 5.38. The average molecular weight is 423 g/mol. The maximum Gasteiger partial charge on any atom is 0.191 e. The van der Waals surface area contributed by atoms with E-state index in [1.54, 1.807) is 14.2 Å². The van der Waals surface area contributed by atoms with E-state index in [0.717, 1.165) is 40.8 Å². The van der Waals surface area contributed by atoms with Crippen LogP contribution in [0.3, 0.4) is 0 Å². The molecule has 0 fully saturated rings. The van der Waals surface area contributed by atoms with Crippen LogP contribution in [-0.4, -0.2) is 41.5 Å². The summed E-state index contributed by atoms with van der Waals surface area (Å²) in [5.74, 6) is 2.96. The van der Waals surface area contributed by atoms with Crippen molar-refractivity contribution in [3.8, 4) is 17.3 Å². The fourth-order valence-electron chi connectivity index (χ4n) is 3.18. The number of benzene rings is 1. The van der Waals surface area contributed by atoms with Crippen molar-refractivity contribution >= 4 is 5.96 Å². The van der Waals surface area contributed by atoms with Crippen LogP contribution in [0, 0.1) is 13.8 Å². The largest absolute Gasteiger partial charge is 0.493 e. The van der Waals surface area contributed by atoms with E-state index in [1.807, 2.05) is 68.0 Å². The molecule has 31 heavy (non-hydrogen) atoms. The Bertz CT molecular complexity index is 1030. The Balaban J connectivity index is 1.65.